The van der Waals surface area contributed by atoms with Crippen molar-refractivity contribution in [2.75, 3.05) is 14.2 Å². The summed E-state index contributed by atoms with van der Waals surface area (Å²) in [6.45, 7) is 0.444. The highest BCUT2D eigenvalue weighted by molar-refractivity contribution is 5.98. The number of aromatic nitrogens is 1. The summed E-state index contributed by atoms with van der Waals surface area (Å²) >= 11 is 0. The molecule has 3 rings (SSSR count). The summed E-state index contributed by atoms with van der Waals surface area (Å²) < 4.78 is 12.4. The zero-order valence-corrected chi connectivity index (χ0v) is 14.7. The summed E-state index contributed by atoms with van der Waals surface area (Å²) in [7, 11) is 3.14. The normalized spacial score (nSPS) is 10.5. The third-order valence-corrected chi connectivity index (χ3v) is 4.22. The van der Waals surface area contributed by atoms with Crippen molar-refractivity contribution in [3.05, 3.63) is 59.8 Å². The number of nitrogens with zero attached hydrogens (tertiary/aromatic N) is 1. The molecule has 134 valence electrons. The molecule has 3 aromatic rings. The highest BCUT2D eigenvalue weighted by atomic mass is 16.5. The van der Waals surface area contributed by atoms with Gasteiger partial charge in [0.2, 0.25) is 5.91 Å². The van der Waals surface area contributed by atoms with Crippen LogP contribution in [0.25, 0.3) is 10.9 Å². The van der Waals surface area contributed by atoms with Crippen molar-refractivity contribution in [2.45, 2.75) is 13.1 Å². The van der Waals surface area contributed by atoms with Gasteiger partial charge in [0, 0.05) is 34.8 Å². The number of hydrogen-bond acceptors (Lipinski definition) is 4. The number of carbonyl (C=O) groups excluding carboxylic acids is 2. The lowest BCUT2D eigenvalue weighted by Crippen LogP contribution is -2.27. The SMILES string of the molecule is COc1cccc(CNC(=O)Cn2cc(C=O)c3ccccc32)c1OC. The third-order valence-electron chi connectivity index (χ3n) is 4.22. The molecule has 0 radical (unpaired) electrons. The lowest BCUT2D eigenvalue weighted by atomic mass is 10.2. The van der Waals surface area contributed by atoms with Gasteiger partial charge in [-0.05, 0) is 12.1 Å². The number of fused-ring (bicyclic) bond motifs is 1. The lowest BCUT2D eigenvalue weighted by molar-refractivity contribution is -0.121. The van der Waals surface area contributed by atoms with Gasteiger partial charge >= 0.3 is 0 Å². The van der Waals surface area contributed by atoms with E-state index in [1.165, 1.54) is 0 Å². The van der Waals surface area contributed by atoms with Gasteiger partial charge in [-0.2, -0.15) is 0 Å². The molecule has 6 heteroatoms. The lowest BCUT2D eigenvalue weighted by Gasteiger charge is -2.13. The Morgan fingerprint density at radius 2 is 1.92 bits per heavy atom. The van der Waals surface area contributed by atoms with Gasteiger partial charge in [-0.25, -0.2) is 0 Å². The van der Waals surface area contributed by atoms with Crippen molar-refractivity contribution < 1.29 is 19.1 Å². The first-order chi connectivity index (χ1) is 12.7. The predicted octanol–water partition coefficient (Wildman–Crippen LogP) is 2.79. The van der Waals surface area contributed by atoms with Crippen molar-refractivity contribution >= 4 is 23.1 Å². The molecule has 2 aromatic carbocycles. The van der Waals surface area contributed by atoms with E-state index >= 15 is 0 Å². The van der Waals surface area contributed by atoms with E-state index in [9.17, 15) is 9.59 Å². The number of hydrogen-bond donors (Lipinski definition) is 1. The topological polar surface area (TPSA) is 69.6 Å². The molecule has 0 aliphatic carbocycles. The number of methoxy groups -OCH3 is 2. The van der Waals surface area contributed by atoms with E-state index in [2.05, 4.69) is 5.32 Å². The van der Waals surface area contributed by atoms with Crippen LogP contribution < -0.4 is 14.8 Å². The van der Waals surface area contributed by atoms with E-state index in [4.69, 9.17) is 9.47 Å². The van der Waals surface area contributed by atoms with Crippen LogP contribution in [0, 0.1) is 0 Å². The van der Waals surface area contributed by atoms with Gasteiger partial charge in [-0.15, -0.1) is 0 Å². The fourth-order valence-corrected chi connectivity index (χ4v) is 3.00. The second-order valence-electron chi connectivity index (χ2n) is 5.78. The Bertz CT molecular complexity index is 946. The fourth-order valence-electron chi connectivity index (χ4n) is 3.00. The van der Waals surface area contributed by atoms with E-state index in [1.54, 1.807) is 31.0 Å². The minimum Gasteiger partial charge on any atom is -0.493 e. The van der Waals surface area contributed by atoms with Crippen molar-refractivity contribution in [3.63, 3.8) is 0 Å². The van der Waals surface area contributed by atoms with E-state index in [-0.39, 0.29) is 12.5 Å². The Morgan fingerprint density at radius 3 is 2.65 bits per heavy atom. The van der Waals surface area contributed by atoms with Gasteiger partial charge in [0.1, 0.15) is 6.54 Å². The first kappa shape index (κ1) is 17.5. The zero-order valence-electron chi connectivity index (χ0n) is 14.7. The van der Waals surface area contributed by atoms with Crippen molar-refractivity contribution in [3.8, 4) is 11.5 Å². The van der Waals surface area contributed by atoms with E-state index < -0.39 is 0 Å². The molecule has 1 heterocycles. The number of carbonyl (C=O) groups is 2. The zero-order chi connectivity index (χ0) is 18.5. The van der Waals surface area contributed by atoms with E-state index in [1.807, 2.05) is 36.4 Å². The monoisotopic (exact) mass is 352 g/mol. The maximum absolute atomic E-state index is 12.4. The smallest absolute Gasteiger partial charge is 0.240 e. The van der Waals surface area contributed by atoms with Crippen LogP contribution in [0.4, 0.5) is 0 Å². The molecule has 1 N–H and O–H groups in total. The van der Waals surface area contributed by atoms with Gasteiger partial charge in [-0.3, -0.25) is 9.59 Å². The van der Waals surface area contributed by atoms with Crippen molar-refractivity contribution in [1.82, 2.24) is 9.88 Å². The summed E-state index contributed by atoms with van der Waals surface area (Å²) in [6.07, 6.45) is 2.50. The molecule has 0 saturated heterocycles. The molecule has 1 amide bonds. The van der Waals surface area contributed by atoms with Crippen molar-refractivity contribution in [1.29, 1.82) is 0 Å². The first-order valence-corrected chi connectivity index (χ1v) is 8.17. The molecule has 0 fully saturated rings. The third kappa shape index (κ3) is 3.39. The molecule has 1 aromatic heterocycles. The average Bonchev–Trinajstić information content (AvgIpc) is 3.03. The molecule has 0 saturated carbocycles. The Balaban J connectivity index is 1.74. The minimum absolute atomic E-state index is 0.126. The highest BCUT2D eigenvalue weighted by Gasteiger charge is 2.13. The van der Waals surface area contributed by atoms with Gasteiger partial charge in [0.05, 0.1) is 14.2 Å². The van der Waals surface area contributed by atoms with Crippen LogP contribution in [0.5, 0.6) is 11.5 Å². The van der Waals surface area contributed by atoms with Crippen LogP contribution in [0.15, 0.2) is 48.7 Å². The summed E-state index contributed by atoms with van der Waals surface area (Å²) in [6, 6.07) is 13.0. The average molecular weight is 352 g/mol. The second-order valence-corrected chi connectivity index (χ2v) is 5.78. The van der Waals surface area contributed by atoms with E-state index in [0.717, 1.165) is 22.8 Å². The Hall–Kier alpha value is -3.28. The number of benzene rings is 2. The van der Waals surface area contributed by atoms with Crippen LogP contribution in [0.1, 0.15) is 15.9 Å². The fraction of sp³-hybridized carbons (Fsp3) is 0.200. The Labute approximate surface area is 151 Å². The number of rotatable bonds is 7. The quantitative estimate of drug-likeness (QED) is 0.664. The molecule has 0 atom stereocenters. The Kier molecular flexibility index (Phi) is 5.22. The summed E-state index contributed by atoms with van der Waals surface area (Å²) in [4.78, 5) is 23.6. The van der Waals surface area contributed by atoms with Crippen LogP contribution >= 0.6 is 0 Å². The molecule has 0 aliphatic rings. The second kappa shape index (κ2) is 7.74. The van der Waals surface area contributed by atoms with Gasteiger partial charge in [-0.1, -0.05) is 30.3 Å². The molecule has 0 spiro atoms. The molecule has 6 nitrogen and oxygen atoms in total. The number of nitrogens with one attached hydrogen (secondary N) is 1. The predicted molar refractivity (Wildman–Crippen MR) is 98.7 cm³/mol. The van der Waals surface area contributed by atoms with Crippen LogP contribution in [0.3, 0.4) is 0 Å². The number of ether oxygens (including phenoxy) is 2. The molecular formula is C20H20N2O4. The summed E-state index contributed by atoms with van der Waals surface area (Å²) in [5.41, 5.74) is 2.25. The van der Waals surface area contributed by atoms with Crippen LogP contribution in [-0.2, 0) is 17.9 Å². The van der Waals surface area contributed by atoms with Crippen LogP contribution in [-0.4, -0.2) is 31.0 Å². The molecular weight excluding hydrogens is 332 g/mol. The van der Waals surface area contributed by atoms with E-state index in [0.29, 0.717) is 23.6 Å². The molecule has 0 unspecified atom stereocenters. The largest absolute Gasteiger partial charge is 0.493 e. The standard InChI is InChI=1S/C20H20N2O4/c1-25-18-9-5-6-14(20(18)26-2)10-21-19(24)12-22-11-15(13-23)16-7-3-4-8-17(16)22/h3-9,11,13H,10,12H2,1-2H3,(H,21,24). The Morgan fingerprint density at radius 1 is 1.12 bits per heavy atom. The number of amides is 1. The summed E-state index contributed by atoms with van der Waals surface area (Å²) in [5.74, 6) is 1.06. The highest BCUT2D eigenvalue weighted by Crippen LogP contribution is 2.30. The van der Waals surface area contributed by atoms with Crippen LogP contribution in [0.2, 0.25) is 0 Å². The minimum atomic E-state index is -0.159. The number of para-hydroxylation sites is 2. The maximum atomic E-state index is 12.4. The molecule has 0 bridgehead atoms. The molecule has 26 heavy (non-hydrogen) atoms. The maximum Gasteiger partial charge on any atom is 0.240 e. The van der Waals surface area contributed by atoms with Gasteiger partial charge in [0.25, 0.3) is 0 Å². The van der Waals surface area contributed by atoms with Gasteiger partial charge < -0.3 is 19.4 Å². The van der Waals surface area contributed by atoms with Gasteiger partial charge in [0.15, 0.2) is 17.8 Å². The first-order valence-electron chi connectivity index (χ1n) is 8.17. The number of aldehydes is 1. The summed E-state index contributed by atoms with van der Waals surface area (Å²) in [5, 5.41) is 3.72. The van der Waals surface area contributed by atoms with Crippen molar-refractivity contribution in [2.24, 2.45) is 0 Å². The molecule has 0 aliphatic heterocycles.